The molecule has 0 spiro atoms. The van der Waals surface area contributed by atoms with Gasteiger partial charge in [-0.05, 0) is 19.8 Å². The molecule has 1 rings (SSSR count). The molecule has 6 nitrogen and oxygen atoms in total. The molecule has 0 aliphatic rings. The van der Waals surface area contributed by atoms with Crippen LogP contribution in [0.3, 0.4) is 0 Å². The number of rotatable bonds is 10. The van der Waals surface area contributed by atoms with Gasteiger partial charge < -0.3 is 15.4 Å². The predicted octanol–water partition coefficient (Wildman–Crippen LogP) is 2.30. The van der Waals surface area contributed by atoms with E-state index in [1.807, 2.05) is 19.4 Å². The fraction of sp³-hybridized carbons (Fsp3) is 0.733. The number of hydrogen-bond acceptors (Lipinski definition) is 3. The van der Waals surface area contributed by atoms with Crippen molar-refractivity contribution in [2.75, 3.05) is 26.3 Å². The monoisotopic (exact) mass is 423 g/mol. The predicted molar refractivity (Wildman–Crippen MR) is 102 cm³/mol. The zero-order chi connectivity index (χ0) is 15.3. The van der Waals surface area contributed by atoms with Gasteiger partial charge in [-0.2, -0.15) is 5.10 Å². The van der Waals surface area contributed by atoms with Crippen LogP contribution in [0.1, 0.15) is 38.7 Å². The first-order valence-corrected chi connectivity index (χ1v) is 7.83. The number of aromatic nitrogens is 2. The second-order valence-corrected chi connectivity index (χ2v) is 4.96. The van der Waals surface area contributed by atoms with E-state index in [9.17, 15) is 0 Å². The molecular formula is C15H30IN5O. The van der Waals surface area contributed by atoms with Crippen molar-refractivity contribution in [2.45, 2.75) is 39.7 Å². The van der Waals surface area contributed by atoms with Gasteiger partial charge in [0, 0.05) is 45.1 Å². The number of ether oxygens (including phenoxy) is 1. The van der Waals surface area contributed by atoms with E-state index in [1.54, 1.807) is 4.68 Å². The Bertz CT molecular complexity index is 408. The lowest BCUT2D eigenvalue weighted by molar-refractivity contribution is 0.129. The number of halogens is 1. The standard InChI is InChI=1S/C15H29N5O.HI/c1-4-6-9-21-10-7-8-17-15(16-5-2)18-11-14-12-19-20(3)13-14;/h12-13H,4-11H2,1-3H3,(H2,16,17,18);1H. The minimum Gasteiger partial charge on any atom is -0.381 e. The molecule has 1 aromatic rings. The van der Waals surface area contributed by atoms with Gasteiger partial charge in [-0.25, -0.2) is 4.99 Å². The van der Waals surface area contributed by atoms with Gasteiger partial charge in [0.05, 0.1) is 12.7 Å². The largest absolute Gasteiger partial charge is 0.381 e. The quantitative estimate of drug-likeness (QED) is 0.262. The van der Waals surface area contributed by atoms with Gasteiger partial charge in [0.1, 0.15) is 0 Å². The first-order chi connectivity index (χ1) is 10.3. The molecule has 128 valence electrons. The molecular weight excluding hydrogens is 393 g/mol. The summed E-state index contributed by atoms with van der Waals surface area (Å²) in [5.41, 5.74) is 1.11. The van der Waals surface area contributed by atoms with Crippen molar-refractivity contribution in [2.24, 2.45) is 12.0 Å². The van der Waals surface area contributed by atoms with E-state index in [0.717, 1.165) is 50.7 Å². The van der Waals surface area contributed by atoms with Crippen LogP contribution in [0.2, 0.25) is 0 Å². The smallest absolute Gasteiger partial charge is 0.191 e. The zero-order valence-corrected chi connectivity index (χ0v) is 16.3. The summed E-state index contributed by atoms with van der Waals surface area (Å²) in [6.07, 6.45) is 7.14. The maximum absolute atomic E-state index is 5.54. The zero-order valence-electron chi connectivity index (χ0n) is 14.0. The maximum atomic E-state index is 5.54. The molecule has 0 radical (unpaired) electrons. The molecule has 0 saturated carbocycles. The van der Waals surface area contributed by atoms with Crippen LogP contribution in [0.25, 0.3) is 0 Å². The van der Waals surface area contributed by atoms with Crippen molar-refractivity contribution < 1.29 is 4.74 Å². The fourth-order valence-electron chi connectivity index (χ4n) is 1.80. The molecule has 0 unspecified atom stereocenters. The summed E-state index contributed by atoms with van der Waals surface area (Å²) in [6, 6.07) is 0. The molecule has 0 aliphatic carbocycles. The summed E-state index contributed by atoms with van der Waals surface area (Å²) in [5, 5.41) is 10.7. The number of aliphatic imine (C=N–C) groups is 1. The van der Waals surface area contributed by atoms with Crippen molar-refractivity contribution in [3.63, 3.8) is 0 Å². The molecule has 0 fully saturated rings. The topological polar surface area (TPSA) is 63.5 Å². The van der Waals surface area contributed by atoms with Crippen LogP contribution < -0.4 is 10.6 Å². The van der Waals surface area contributed by atoms with E-state index >= 15 is 0 Å². The molecule has 0 aliphatic heterocycles. The number of unbranched alkanes of at least 4 members (excludes halogenated alkanes) is 1. The lowest BCUT2D eigenvalue weighted by atomic mass is 10.3. The second kappa shape index (κ2) is 13.8. The second-order valence-electron chi connectivity index (χ2n) is 4.96. The van der Waals surface area contributed by atoms with Crippen molar-refractivity contribution in [3.05, 3.63) is 18.0 Å². The summed E-state index contributed by atoms with van der Waals surface area (Å²) in [5.74, 6) is 0.843. The highest BCUT2D eigenvalue weighted by Crippen LogP contribution is 1.98. The summed E-state index contributed by atoms with van der Waals surface area (Å²) in [4.78, 5) is 4.54. The summed E-state index contributed by atoms with van der Waals surface area (Å²) in [6.45, 7) is 8.26. The van der Waals surface area contributed by atoms with Gasteiger partial charge in [-0.15, -0.1) is 24.0 Å². The average Bonchev–Trinajstić information content (AvgIpc) is 2.89. The summed E-state index contributed by atoms with van der Waals surface area (Å²) < 4.78 is 7.33. The Labute approximate surface area is 151 Å². The van der Waals surface area contributed by atoms with Gasteiger partial charge in [0.15, 0.2) is 5.96 Å². The van der Waals surface area contributed by atoms with Crippen LogP contribution in [0.15, 0.2) is 17.4 Å². The molecule has 1 aromatic heterocycles. The summed E-state index contributed by atoms with van der Waals surface area (Å²) in [7, 11) is 1.91. The highest BCUT2D eigenvalue weighted by molar-refractivity contribution is 14.0. The Hall–Kier alpha value is -0.830. The third kappa shape index (κ3) is 9.99. The number of hydrogen-bond donors (Lipinski definition) is 2. The Kier molecular flexibility index (Phi) is 13.3. The van der Waals surface area contributed by atoms with E-state index in [0.29, 0.717) is 6.54 Å². The Balaban J connectivity index is 0.00000441. The van der Waals surface area contributed by atoms with Crippen molar-refractivity contribution >= 4 is 29.9 Å². The van der Waals surface area contributed by atoms with Crippen LogP contribution >= 0.6 is 24.0 Å². The van der Waals surface area contributed by atoms with Gasteiger partial charge in [0.2, 0.25) is 0 Å². The highest BCUT2D eigenvalue weighted by atomic mass is 127. The third-order valence-electron chi connectivity index (χ3n) is 2.92. The number of guanidine groups is 1. The lowest BCUT2D eigenvalue weighted by Crippen LogP contribution is -2.38. The SMILES string of the molecule is CCCCOCCCNC(=NCc1cnn(C)c1)NCC.I. The Morgan fingerprint density at radius 1 is 1.27 bits per heavy atom. The van der Waals surface area contributed by atoms with Crippen molar-refractivity contribution in [1.29, 1.82) is 0 Å². The molecule has 0 bridgehead atoms. The number of nitrogens with zero attached hydrogens (tertiary/aromatic N) is 3. The van der Waals surface area contributed by atoms with Gasteiger partial charge in [-0.3, -0.25) is 4.68 Å². The third-order valence-corrected chi connectivity index (χ3v) is 2.92. The van der Waals surface area contributed by atoms with Crippen LogP contribution in [-0.4, -0.2) is 42.0 Å². The maximum Gasteiger partial charge on any atom is 0.191 e. The summed E-state index contributed by atoms with van der Waals surface area (Å²) >= 11 is 0. The van der Waals surface area contributed by atoms with Crippen LogP contribution in [-0.2, 0) is 18.3 Å². The first-order valence-electron chi connectivity index (χ1n) is 7.83. The van der Waals surface area contributed by atoms with E-state index in [1.165, 1.54) is 6.42 Å². The van der Waals surface area contributed by atoms with Gasteiger partial charge in [-0.1, -0.05) is 13.3 Å². The van der Waals surface area contributed by atoms with E-state index in [4.69, 9.17) is 4.74 Å². The minimum absolute atomic E-state index is 0. The normalized spacial score (nSPS) is 11.1. The minimum atomic E-state index is 0. The van der Waals surface area contributed by atoms with Crippen LogP contribution in [0.5, 0.6) is 0 Å². The van der Waals surface area contributed by atoms with Gasteiger partial charge >= 0.3 is 0 Å². The first kappa shape index (κ1) is 21.2. The van der Waals surface area contributed by atoms with E-state index in [-0.39, 0.29) is 24.0 Å². The number of aryl methyl sites for hydroxylation is 1. The molecule has 0 atom stereocenters. The lowest BCUT2D eigenvalue weighted by Gasteiger charge is -2.11. The molecule has 0 saturated heterocycles. The van der Waals surface area contributed by atoms with Crippen molar-refractivity contribution in [3.8, 4) is 0 Å². The molecule has 0 amide bonds. The molecule has 1 heterocycles. The van der Waals surface area contributed by atoms with Crippen LogP contribution in [0.4, 0.5) is 0 Å². The Morgan fingerprint density at radius 3 is 2.68 bits per heavy atom. The average molecular weight is 423 g/mol. The van der Waals surface area contributed by atoms with E-state index in [2.05, 4.69) is 34.6 Å². The Morgan fingerprint density at radius 2 is 2.05 bits per heavy atom. The molecule has 22 heavy (non-hydrogen) atoms. The molecule has 0 aromatic carbocycles. The van der Waals surface area contributed by atoms with Crippen molar-refractivity contribution in [1.82, 2.24) is 20.4 Å². The van der Waals surface area contributed by atoms with E-state index < -0.39 is 0 Å². The highest BCUT2D eigenvalue weighted by Gasteiger charge is 1.99. The fourth-order valence-corrected chi connectivity index (χ4v) is 1.80. The van der Waals surface area contributed by atoms with Gasteiger partial charge in [0.25, 0.3) is 0 Å². The number of nitrogens with one attached hydrogen (secondary N) is 2. The molecule has 2 N–H and O–H groups in total. The molecule has 7 heteroatoms. The van der Waals surface area contributed by atoms with Crippen LogP contribution in [0, 0.1) is 0 Å².